The minimum Gasteiger partial charge on any atom is -0.478 e. The van der Waals surface area contributed by atoms with Crippen molar-refractivity contribution in [3.05, 3.63) is 71.6 Å². The number of hydrogen-bond acceptors (Lipinski definition) is 4. The molecule has 0 saturated carbocycles. The van der Waals surface area contributed by atoms with Gasteiger partial charge in [0.2, 0.25) is 0 Å². The van der Waals surface area contributed by atoms with Crippen LogP contribution in [0.15, 0.2) is 54.9 Å². The van der Waals surface area contributed by atoms with Crippen molar-refractivity contribution in [2.75, 3.05) is 20.6 Å². The number of benzene rings is 1. The average molecular weight is 377 g/mol. The minimum absolute atomic E-state index is 0.0361. The second kappa shape index (κ2) is 10.8. The summed E-state index contributed by atoms with van der Waals surface area (Å²) in [6, 6.07) is 4.28. The van der Waals surface area contributed by atoms with E-state index in [1.54, 1.807) is 0 Å². The fraction of sp³-hybridized carbons (Fsp3) is 0.381. The Bertz CT molecular complexity index is 712. The molecule has 3 N–H and O–H groups in total. The monoisotopic (exact) mass is 377 g/mol. The Kier molecular flexibility index (Phi) is 9.08. The zero-order chi connectivity index (χ0) is 20.4. The number of hydrogen-bond donors (Lipinski definition) is 3. The summed E-state index contributed by atoms with van der Waals surface area (Å²) in [5.74, 6) is -1.59. The van der Waals surface area contributed by atoms with Crippen LogP contribution < -0.4 is 0 Å². The molecule has 0 aliphatic heterocycles. The summed E-state index contributed by atoms with van der Waals surface area (Å²) >= 11 is 0. The fourth-order valence-electron chi connectivity index (χ4n) is 2.88. The first-order valence-corrected chi connectivity index (χ1v) is 8.73. The molecular formula is C21H28FNO4. The molecule has 1 aromatic carbocycles. The third-order valence-corrected chi connectivity index (χ3v) is 4.23. The molecule has 27 heavy (non-hydrogen) atoms. The third kappa shape index (κ3) is 7.09. The van der Waals surface area contributed by atoms with Gasteiger partial charge in [0.05, 0.1) is 17.8 Å². The van der Waals surface area contributed by atoms with Gasteiger partial charge in [0.1, 0.15) is 5.83 Å². The normalized spacial score (nSPS) is 14.5. The van der Waals surface area contributed by atoms with Gasteiger partial charge in [-0.15, -0.1) is 0 Å². The molecule has 1 atom stereocenters. The summed E-state index contributed by atoms with van der Waals surface area (Å²) in [6.07, 6.45) is 6.49. The van der Waals surface area contributed by atoms with Crippen LogP contribution in [0.5, 0.6) is 0 Å². The van der Waals surface area contributed by atoms with Crippen LogP contribution in [0.2, 0.25) is 0 Å². The van der Waals surface area contributed by atoms with Gasteiger partial charge in [-0.2, -0.15) is 0 Å². The van der Waals surface area contributed by atoms with Crippen LogP contribution in [0.4, 0.5) is 4.39 Å². The minimum atomic E-state index is -1.35. The van der Waals surface area contributed by atoms with Crippen molar-refractivity contribution in [1.29, 1.82) is 0 Å². The van der Waals surface area contributed by atoms with Crippen molar-refractivity contribution in [3.63, 3.8) is 0 Å². The number of carboxylic acids is 1. The first-order valence-electron chi connectivity index (χ1n) is 8.73. The Morgan fingerprint density at radius 1 is 1.37 bits per heavy atom. The standard InChI is InChI=1S/C21H28FNO4/c1-4-7-18(22)8-5-11-21(27,12-6-13-23(2)3)19-10-9-16(20(25)26)14-17(19)15-24/h4-5,7-10,14,24,27H,1,6,11-13,15H2,2-3H3,(H,25,26)/b8-5-,18-7+. The van der Waals surface area contributed by atoms with E-state index in [2.05, 4.69) is 6.58 Å². The SMILES string of the molecule is C=C/C=C(F)\C=C/CC(O)(CCCN(C)C)c1ccc(C(=O)O)cc1CO. The molecule has 6 heteroatoms. The summed E-state index contributed by atoms with van der Waals surface area (Å²) in [5.41, 5.74) is -0.519. The Morgan fingerprint density at radius 3 is 2.63 bits per heavy atom. The second-order valence-corrected chi connectivity index (χ2v) is 6.67. The molecule has 1 aromatic rings. The van der Waals surface area contributed by atoms with Crippen molar-refractivity contribution < 1.29 is 24.5 Å². The molecule has 0 aliphatic carbocycles. The number of carbonyl (C=O) groups is 1. The lowest BCUT2D eigenvalue weighted by Gasteiger charge is -2.30. The van der Waals surface area contributed by atoms with E-state index in [1.165, 1.54) is 42.5 Å². The molecule has 0 radical (unpaired) electrons. The van der Waals surface area contributed by atoms with E-state index >= 15 is 0 Å². The van der Waals surface area contributed by atoms with Gasteiger partial charge in [-0.05, 0) is 75.3 Å². The van der Waals surface area contributed by atoms with E-state index in [1.807, 2.05) is 19.0 Å². The molecule has 1 unspecified atom stereocenters. The molecule has 0 saturated heterocycles. The summed E-state index contributed by atoms with van der Waals surface area (Å²) < 4.78 is 13.5. The van der Waals surface area contributed by atoms with Crippen molar-refractivity contribution in [2.24, 2.45) is 0 Å². The van der Waals surface area contributed by atoms with Gasteiger partial charge in [0.15, 0.2) is 0 Å². The molecule has 0 aliphatic rings. The molecule has 0 amide bonds. The molecule has 0 spiro atoms. The number of aromatic carboxylic acids is 1. The largest absolute Gasteiger partial charge is 0.478 e. The summed E-state index contributed by atoms with van der Waals surface area (Å²) in [4.78, 5) is 13.2. The smallest absolute Gasteiger partial charge is 0.335 e. The Labute approximate surface area is 159 Å². The van der Waals surface area contributed by atoms with Crippen molar-refractivity contribution in [3.8, 4) is 0 Å². The Balaban J connectivity index is 3.21. The lowest BCUT2D eigenvalue weighted by molar-refractivity contribution is 0.0246. The molecule has 1 rings (SSSR count). The zero-order valence-corrected chi connectivity index (χ0v) is 15.9. The summed E-state index contributed by atoms with van der Waals surface area (Å²) in [5, 5.41) is 30.1. The van der Waals surface area contributed by atoms with Crippen molar-refractivity contribution in [1.82, 2.24) is 4.90 Å². The molecule has 5 nitrogen and oxygen atoms in total. The highest BCUT2D eigenvalue weighted by Crippen LogP contribution is 2.34. The Morgan fingerprint density at radius 2 is 2.07 bits per heavy atom. The highest BCUT2D eigenvalue weighted by molar-refractivity contribution is 5.87. The average Bonchev–Trinajstić information content (AvgIpc) is 2.61. The van der Waals surface area contributed by atoms with Crippen LogP contribution in [0.3, 0.4) is 0 Å². The van der Waals surface area contributed by atoms with E-state index in [0.717, 1.165) is 6.54 Å². The maximum Gasteiger partial charge on any atom is 0.335 e. The van der Waals surface area contributed by atoms with Crippen LogP contribution in [-0.4, -0.2) is 46.8 Å². The maximum absolute atomic E-state index is 13.5. The molecule has 148 valence electrons. The van der Waals surface area contributed by atoms with Crippen LogP contribution in [0.1, 0.15) is 40.7 Å². The van der Waals surface area contributed by atoms with Gasteiger partial charge in [0, 0.05) is 0 Å². The molecule has 0 bridgehead atoms. The van der Waals surface area contributed by atoms with Gasteiger partial charge in [0.25, 0.3) is 0 Å². The third-order valence-electron chi connectivity index (χ3n) is 4.23. The number of rotatable bonds is 11. The first kappa shape index (κ1) is 22.8. The summed E-state index contributed by atoms with van der Waals surface area (Å²) in [7, 11) is 3.85. The topological polar surface area (TPSA) is 81.0 Å². The van der Waals surface area contributed by atoms with Gasteiger partial charge < -0.3 is 20.2 Å². The van der Waals surface area contributed by atoms with Crippen LogP contribution >= 0.6 is 0 Å². The number of carboxylic acid groups (broad SMARTS) is 1. The van der Waals surface area contributed by atoms with Crippen LogP contribution in [0.25, 0.3) is 0 Å². The van der Waals surface area contributed by atoms with Crippen LogP contribution in [-0.2, 0) is 12.2 Å². The highest BCUT2D eigenvalue weighted by atomic mass is 19.1. The van der Waals surface area contributed by atoms with E-state index in [9.17, 15) is 19.4 Å². The predicted molar refractivity (Wildman–Crippen MR) is 104 cm³/mol. The molecular weight excluding hydrogens is 349 g/mol. The van der Waals surface area contributed by atoms with Gasteiger partial charge in [-0.25, -0.2) is 9.18 Å². The molecule has 0 heterocycles. The summed E-state index contributed by atoms with van der Waals surface area (Å²) in [6.45, 7) is 3.77. The predicted octanol–water partition coefficient (Wildman–Crippen LogP) is 3.39. The van der Waals surface area contributed by atoms with Crippen molar-refractivity contribution in [2.45, 2.75) is 31.5 Å². The molecule has 0 aromatic heterocycles. The number of aliphatic hydroxyl groups excluding tert-OH is 1. The second-order valence-electron chi connectivity index (χ2n) is 6.67. The number of allylic oxidation sites excluding steroid dienone is 4. The van der Waals surface area contributed by atoms with Crippen molar-refractivity contribution >= 4 is 5.97 Å². The first-order chi connectivity index (χ1) is 12.7. The Hall–Kier alpha value is -2.28. The van der Waals surface area contributed by atoms with Gasteiger partial charge in [-0.1, -0.05) is 24.8 Å². The van der Waals surface area contributed by atoms with E-state index in [4.69, 9.17) is 5.11 Å². The maximum atomic E-state index is 13.5. The fourth-order valence-corrected chi connectivity index (χ4v) is 2.88. The number of halogens is 1. The van der Waals surface area contributed by atoms with Gasteiger partial charge in [-0.3, -0.25) is 0 Å². The molecule has 0 fully saturated rings. The zero-order valence-electron chi connectivity index (χ0n) is 15.9. The highest BCUT2D eigenvalue weighted by Gasteiger charge is 2.30. The van der Waals surface area contributed by atoms with E-state index in [-0.39, 0.29) is 12.0 Å². The van der Waals surface area contributed by atoms with E-state index in [0.29, 0.717) is 24.0 Å². The van der Waals surface area contributed by atoms with E-state index < -0.39 is 24.0 Å². The quantitative estimate of drug-likeness (QED) is 0.515. The lowest BCUT2D eigenvalue weighted by Crippen LogP contribution is -2.28. The van der Waals surface area contributed by atoms with Gasteiger partial charge >= 0.3 is 5.97 Å². The lowest BCUT2D eigenvalue weighted by atomic mass is 9.82. The number of aliphatic hydroxyl groups is 2. The van der Waals surface area contributed by atoms with Crippen LogP contribution in [0, 0.1) is 0 Å². The number of nitrogens with zero attached hydrogens (tertiary/aromatic N) is 1.